The number of nitrogens with zero attached hydrogens (tertiary/aromatic N) is 1. The lowest BCUT2D eigenvalue weighted by molar-refractivity contribution is -0.384. The van der Waals surface area contributed by atoms with E-state index in [9.17, 15) is 14.9 Å². The van der Waals surface area contributed by atoms with Crippen molar-refractivity contribution in [2.75, 3.05) is 0 Å². The molecule has 1 fully saturated rings. The van der Waals surface area contributed by atoms with E-state index in [0.717, 1.165) is 24.8 Å². The maximum absolute atomic E-state index is 11.8. The van der Waals surface area contributed by atoms with Crippen LogP contribution in [-0.4, -0.2) is 16.4 Å². The summed E-state index contributed by atoms with van der Waals surface area (Å²) in [5, 5.41) is 13.2. The summed E-state index contributed by atoms with van der Waals surface area (Å²) in [6.45, 7) is 0.343. The van der Waals surface area contributed by atoms with Gasteiger partial charge in [0, 0.05) is 18.7 Å². The Morgan fingerprint density at radius 1 is 1.37 bits per heavy atom. The number of amides is 1. The highest BCUT2D eigenvalue weighted by Gasteiger charge is 2.39. The molecule has 1 aromatic carbocycles. The van der Waals surface area contributed by atoms with E-state index in [1.165, 1.54) is 12.1 Å². The molecule has 6 nitrogen and oxygen atoms in total. The predicted molar refractivity (Wildman–Crippen MR) is 73.0 cm³/mol. The van der Waals surface area contributed by atoms with Gasteiger partial charge < -0.3 is 11.1 Å². The third-order valence-corrected chi connectivity index (χ3v) is 3.30. The number of nitro benzene ring substituents is 1. The number of carbonyl (C=O) groups excluding carboxylic acids is 1. The fourth-order valence-corrected chi connectivity index (χ4v) is 1.88. The van der Waals surface area contributed by atoms with E-state index >= 15 is 0 Å². The van der Waals surface area contributed by atoms with Gasteiger partial charge in [-0.1, -0.05) is 12.1 Å². The number of nitrogens with one attached hydrogen (secondary N) is 1. The summed E-state index contributed by atoms with van der Waals surface area (Å²) in [7, 11) is 0. The van der Waals surface area contributed by atoms with Gasteiger partial charge in [0.15, 0.2) is 0 Å². The van der Waals surface area contributed by atoms with Crippen molar-refractivity contribution >= 4 is 24.0 Å². The molecule has 19 heavy (non-hydrogen) atoms. The topological polar surface area (TPSA) is 98.3 Å². The molecule has 0 atom stereocenters. The van der Waals surface area contributed by atoms with Crippen LogP contribution in [0.5, 0.6) is 0 Å². The lowest BCUT2D eigenvalue weighted by Crippen LogP contribution is -2.58. The summed E-state index contributed by atoms with van der Waals surface area (Å²) >= 11 is 0. The van der Waals surface area contributed by atoms with Gasteiger partial charge in [0.25, 0.3) is 5.69 Å². The molecule has 1 aliphatic carbocycles. The van der Waals surface area contributed by atoms with Crippen LogP contribution in [0.25, 0.3) is 0 Å². The molecular formula is C12H16ClN3O3. The number of hydrogen-bond acceptors (Lipinski definition) is 4. The monoisotopic (exact) mass is 285 g/mol. The highest BCUT2D eigenvalue weighted by atomic mass is 35.5. The minimum Gasteiger partial charge on any atom is -0.350 e. The first-order chi connectivity index (χ1) is 8.51. The predicted octanol–water partition coefficient (Wildman–Crippen LogP) is 1.51. The molecule has 1 aromatic rings. The molecule has 2 rings (SSSR count). The number of nitro groups is 1. The first kappa shape index (κ1) is 15.4. The van der Waals surface area contributed by atoms with Crippen LogP contribution >= 0.6 is 12.4 Å². The number of rotatable bonds is 4. The summed E-state index contributed by atoms with van der Waals surface area (Å²) in [6.07, 6.45) is 2.43. The first-order valence-electron chi connectivity index (χ1n) is 5.82. The highest BCUT2D eigenvalue weighted by Crippen LogP contribution is 2.29. The standard InChI is InChI=1S/C12H15N3O3.ClH/c13-12(6-1-7-12)11(16)14-8-9-2-4-10(5-3-9)15(17)18;/h2-5H,1,6-8,13H2,(H,14,16);1H. The van der Waals surface area contributed by atoms with E-state index in [1.54, 1.807) is 12.1 Å². The van der Waals surface area contributed by atoms with E-state index in [4.69, 9.17) is 5.73 Å². The second kappa shape index (κ2) is 5.99. The minimum atomic E-state index is -0.708. The van der Waals surface area contributed by atoms with Crippen molar-refractivity contribution in [1.82, 2.24) is 5.32 Å². The Morgan fingerprint density at radius 2 is 1.95 bits per heavy atom. The van der Waals surface area contributed by atoms with Crippen LogP contribution < -0.4 is 11.1 Å². The molecular weight excluding hydrogens is 270 g/mol. The molecule has 1 amide bonds. The van der Waals surface area contributed by atoms with Crippen LogP contribution in [0.1, 0.15) is 24.8 Å². The van der Waals surface area contributed by atoms with Crippen molar-refractivity contribution in [2.24, 2.45) is 5.73 Å². The van der Waals surface area contributed by atoms with Crippen LogP contribution in [0.2, 0.25) is 0 Å². The normalized spacial score (nSPS) is 15.8. The van der Waals surface area contributed by atoms with Crippen LogP contribution in [-0.2, 0) is 11.3 Å². The van der Waals surface area contributed by atoms with Crippen molar-refractivity contribution in [3.05, 3.63) is 39.9 Å². The molecule has 0 unspecified atom stereocenters. The van der Waals surface area contributed by atoms with Crippen LogP contribution in [0.3, 0.4) is 0 Å². The average Bonchev–Trinajstić information content (AvgIpc) is 2.33. The van der Waals surface area contributed by atoms with E-state index in [1.807, 2.05) is 0 Å². The Kier molecular flexibility index (Phi) is 4.85. The number of hydrogen-bond donors (Lipinski definition) is 2. The maximum atomic E-state index is 11.8. The second-order valence-electron chi connectivity index (χ2n) is 4.62. The molecule has 1 aliphatic rings. The summed E-state index contributed by atoms with van der Waals surface area (Å²) < 4.78 is 0. The van der Waals surface area contributed by atoms with E-state index in [-0.39, 0.29) is 24.0 Å². The molecule has 0 saturated heterocycles. The van der Waals surface area contributed by atoms with Gasteiger partial charge in [0.1, 0.15) is 0 Å². The van der Waals surface area contributed by atoms with Crippen molar-refractivity contribution in [3.63, 3.8) is 0 Å². The molecule has 0 spiro atoms. The van der Waals surface area contributed by atoms with Crippen molar-refractivity contribution < 1.29 is 9.72 Å². The quantitative estimate of drug-likeness (QED) is 0.647. The second-order valence-corrected chi connectivity index (χ2v) is 4.62. The van der Waals surface area contributed by atoms with E-state index in [0.29, 0.717) is 6.54 Å². The van der Waals surface area contributed by atoms with Gasteiger partial charge in [-0.3, -0.25) is 14.9 Å². The van der Waals surface area contributed by atoms with Crippen LogP contribution in [0.15, 0.2) is 24.3 Å². The molecule has 0 aromatic heterocycles. The number of nitrogens with two attached hydrogens (primary N) is 1. The highest BCUT2D eigenvalue weighted by molar-refractivity contribution is 5.87. The van der Waals surface area contributed by atoms with Gasteiger partial charge >= 0.3 is 0 Å². The van der Waals surface area contributed by atoms with Gasteiger partial charge in [-0.2, -0.15) is 0 Å². The molecule has 7 heteroatoms. The van der Waals surface area contributed by atoms with Crippen LogP contribution in [0, 0.1) is 10.1 Å². The molecule has 0 heterocycles. The summed E-state index contributed by atoms with van der Waals surface area (Å²) in [4.78, 5) is 21.8. The molecule has 0 aliphatic heterocycles. The number of halogens is 1. The third kappa shape index (κ3) is 3.42. The molecule has 0 radical (unpaired) electrons. The van der Waals surface area contributed by atoms with Gasteiger partial charge in [-0.05, 0) is 24.8 Å². The van der Waals surface area contributed by atoms with Gasteiger partial charge in [-0.15, -0.1) is 12.4 Å². The average molecular weight is 286 g/mol. The maximum Gasteiger partial charge on any atom is 0.269 e. The Labute approximate surface area is 116 Å². The summed E-state index contributed by atoms with van der Waals surface area (Å²) in [5.74, 6) is -0.146. The van der Waals surface area contributed by atoms with Gasteiger partial charge in [0.05, 0.1) is 10.5 Å². The fraction of sp³-hybridized carbons (Fsp3) is 0.417. The van der Waals surface area contributed by atoms with E-state index in [2.05, 4.69) is 5.32 Å². The Hall–Kier alpha value is -1.66. The lowest BCUT2D eigenvalue weighted by atomic mass is 9.77. The zero-order chi connectivity index (χ0) is 13.2. The number of non-ortho nitro benzene ring substituents is 1. The van der Waals surface area contributed by atoms with Crippen molar-refractivity contribution in [1.29, 1.82) is 0 Å². The SMILES string of the molecule is Cl.NC1(C(=O)NCc2ccc([N+](=O)[O-])cc2)CCC1. The van der Waals surface area contributed by atoms with Gasteiger partial charge in [0.2, 0.25) is 5.91 Å². The molecule has 1 saturated carbocycles. The van der Waals surface area contributed by atoms with Crippen LogP contribution in [0.4, 0.5) is 5.69 Å². The largest absolute Gasteiger partial charge is 0.350 e. The zero-order valence-electron chi connectivity index (χ0n) is 10.3. The number of carbonyl (C=O) groups is 1. The molecule has 104 valence electrons. The summed E-state index contributed by atoms with van der Waals surface area (Å²) in [5.41, 5.74) is 6.02. The third-order valence-electron chi connectivity index (χ3n) is 3.30. The Bertz CT molecular complexity index is 472. The van der Waals surface area contributed by atoms with Crippen molar-refractivity contribution in [3.8, 4) is 0 Å². The summed E-state index contributed by atoms with van der Waals surface area (Å²) in [6, 6.07) is 6.09. The Balaban J connectivity index is 0.00000180. The lowest BCUT2D eigenvalue weighted by Gasteiger charge is -2.36. The molecule has 3 N–H and O–H groups in total. The molecule has 0 bridgehead atoms. The fourth-order valence-electron chi connectivity index (χ4n) is 1.88. The smallest absolute Gasteiger partial charge is 0.269 e. The van der Waals surface area contributed by atoms with Crippen molar-refractivity contribution in [2.45, 2.75) is 31.3 Å². The number of benzene rings is 1. The first-order valence-corrected chi connectivity index (χ1v) is 5.82. The minimum absolute atomic E-state index is 0. The van der Waals surface area contributed by atoms with Gasteiger partial charge in [-0.25, -0.2) is 0 Å². The Morgan fingerprint density at radius 3 is 2.37 bits per heavy atom. The zero-order valence-corrected chi connectivity index (χ0v) is 11.1. The van der Waals surface area contributed by atoms with E-state index < -0.39 is 10.5 Å².